The maximum absolute atomic E-state index is 11.1. The Morgan fingerprint density at radius 1 is 1.33 bits per heavy atom. The van der Waals surface area contributed by atoms with E-state index in [2.05, 4.69) is 17.2 Å². The van der Waals surface area contributed by atoms with Crippen LogP contribution in [0.5, 0.6) is 0 Å². The third-order valence-corrected chi connectivity index (χ3v) is 4.58. The third kappa shape index (κ3) is 2.77. The maximum atomic E-state index is 11.1. The quantitative estimate of drug-likeness (QED) is 0.931. The van der Waals surface area contributed by atoms with E-state index >= 15 is 0 Å². The first-order chi connectivity index (χ1) is 10.2. The number of carbonyl (C=O) groups is 1. The van der Waals surface area contributed by atoms with Gasteiger partial charge in [0.1, 0.15) is 5.52 Å². The van der Waals surface area contributed by atoms with E-state index in [9.17, 15) is 4.79 Å². The highest BCUT2D eigenvalue weighted by atomic mass is 16.4. The summed E-state index contributed by atoms with van der Waals surface area (Å²) in [4.78, 5) is 11.1. The lowest BCUT2D eigenvalue weighted by Crippen LogP contribution is -2.19. The molecule has 0 unspecified atom stereocenters. The minimum absolute atomic E-state index is 0.297. The Morgan fingerprint density at radius 2 is 2.10 bits per heavy atom. The second-order valence-electron chi connectivity index (χ2n) is 6.01. The summed E-state index contributed by atoms with van der Waals surface area (Å²) < 4.78 is 1.93. The molecule has 0 bridgehead atoms. The SMILES string of the molecule is CCCC1CCC(n2nnc3ccc(C(=O)O)cc32)CC1. The van der Waals surface area contributed by atoms with Gasteiger partial charge in [0.15, 0.2) is 0 Å². The van der Waals surface area contributed by atoms with Gasteiger partial charge in [-0.15, -0.1) is 5.10 Å². The third-order valence-electron chi connectivity index (χ3n) is 4.58. The molecule has 1 aromatic heterocycles. The van der Waals surface area contributed by atoms with Gasteiger partial charge in [0.25, 0.3) is 0 Å². The molecule has 1 aromatic carbocycles. The van der Waals surface area contributed by atoms with Crippen molar-refractivity contribution in [3.05, 3.63) is 23.8 Å². The molecule has 0 saturated heterocycles. The minimum atomic E-state index is -0.906. The molecular weight excluding hydrogens is 266 g/mol. The average Bonchev–Trinajstić information content (AvgIpc) is 2.91. The Bertz CT molecular complexity index is 642. The van der Waals surface area contributed by atoms with E-state index < -0.39 is 5.97 Å². The lowest BCUT2D eigenvalue weighted by Gasteiger charge is -2.28. The largest absolute Gasteiger partial charge is 0.478 e. The van der Waals surface area contributed by atoms with E-state index in [0.717, 1.165) is 29.8 Å². The van der Waals surface area contributed by atoms with Crippen molar-refractivity contribution in [2.75, 3.05) is 0 Å². The van der Waals surface area contributed by atoms with Crippen LogP contribution in [0, 0.1) is 5.92 Å². The van der Waals surface area contributed by atoms with E-state index in [1.54, 1.807) is 18.2 Å². The summed E-state index contributed by atoms with van der Waals surface area (Å²) in [7, 11) is 0. The number of aromatic nitrogens is 3. The Balaban J connectivity index is 1.84. The van der Waals surface area contributed by atoms with Crippen molar-refractivity contribution >= 4 is 17.0 Å². The summed E-state index contributed by atoms with van der Waals surface area (Å²) in [6.07, 6.45) is 7.26. The number of hydrogen-bond donors (Lipinski definition) is 1. The van der Waals surface area contributed by atoms with Gasteiger partial charge in [-0.25, -0.2) is 9.48 Å². The second-order valence-corrected chi connectivity index (χ2v) is 6.01. The van der Waals surface area contributed by atoms with Crippen LogP contribution in [0.2, 0.25) is 0 Å². The number of aromatic carboxylic acids is 1. The molecule has 21 heavy (non-hydrogen) atoms. The molecule has 112 valence electrons. The molecule has 0 atom stereocenters. The van der Waals surface area contributed by atoms with Gasteiger partial charge in [0.05, 0.1) is 17.1 Å². The fraction of sp³-hybridized carbons (Fsp3) is 0.562. The summed E-state index contributed by atoms with van der Waals surface area (Å²) in [5.74, 6) is -0.0630. The summed E-state index contributed by atoms with van der Waals surface area (Å²) >= 11 is 0. The predicted molar refractivity (Wildman–Crippen MR) is 80.4 cm³/mol. The van der Waals surface area contributed by atoms with Crippen LogP contribution >= 0.6 is 0 Å². The fourth-order valence-corrected chi connectivity index (χ4v) is 3.43. The second kappa shape index (κ2) is 5.84. The summed E-state index contributed by atoms with van der Waals surface area (Å²) in [6, 6.07) is 5.37. The van der Waals surface area contributed by atoms with Crippen molar-refractivity contribution in [2.24, 2.45) is 5.92 Å². The smallest absolute Gasteiger partial charge is 0.335 e. The van der Waals surface area contributed by atoms with E-state index in [1.165, 1.54) is 25.7 Å². The molecule has 1 aliphatic rings. The van der Waals surface area contributed by atoms with E-state index in [-0.39, 0.29) is 0 Å². The lowest BCUT2D eigenvalue weighted by atomic mass is 9.83. The molecule has 5 heteroatoms. The monoisotopic (exact) mass is 287 g/mol. The highest BCUT2D eigenvalue weighted by molar-refractivity contribution is 5.92. The van der Waals surface area contributed by atoms with Crippen LogP contribution in [0.15, 0.2) is 18.2 Å². The summed E-state index contributed by atoms with van der Waals surface area (Å²) in [5.41, 5.74) is 1.91. The Hall–Kier alpha value is -1.91. The number of benzene rings is 1. The van der Waals surface area contributed by atoms with E-state index in [1.807, 2.05) is 4.68 Å². The molecule has 1 heterocycles. The van der Waals surface area contributed by atoms with Crippen LogP contribution < -0.4 is 0 Å². The molecule has 3 rings (SSSR count). The molecule has 1 saturated carbocycles. The van der Waals surface area contributed by atoms with Gasteiger partial charge in [-0.2, -0.15) is 0 Å². The van der Waals surface area contributed by atoms with Gasteiger partial charge in [0.2, 0.25) is 0 Å². The van der Waals surface area contributed by atoms with E-state index in [4.69, 9.17) is 5.11 Å². The lowest BCUT2D eigenvalue weighted by molar-refractivity contribution is 0.0697. The van der Waals surface area contributed by atoms with Gasteiger partial charge in [-0.05, 0) is 49.8 Å². The average molecular weight is 287 g/mol. The van der Waals surface area contributed by atoms with Crippen LogP contribution in [0.3, 0.4) is 0 Å². The molecule has 2 aromatic rings. The Morgan fingerprint density at radius 3 is 2.76 bits per heavy atom. The first-order valence-electron chi connectivity index (χ1n) is 7.77. The molecule has 1 aliphatic carbocycles. The number of fused-ring (bicyclic) bond motifs is 1. The predicted octanol–water partition coefficient (Wildman–Crippen LogP) is 3.66. The first-order valence-corrected chi connectivity index (χ1v) is 7.77. The van der Waals surface area contributed by atoms with Crippen LogP contribution in [-0.2, 0) is 0 Å². The van der Waals surface area contributed by atoms with Gasteiger partial charge >= 0.3 is 5.97 Å². The van der Waals surface area contributed by atoms with Crippen LogP contribution in [0.4, 0.5) is 0 Å². The van der Waals surface area contributed by atoms with Crippen LogP contribution in [0.1, 0.15) is 61.8 Å². The van der Waals surface area contributed by atoms with Crippen molar-refractivity contribution in [1.29, 1.82) is 0 Å². The Kier molecular flexibility index (Phi) is 3.90. The molecule has 0 amide bonds. The zero-order valence-corrected chi connectivity index (χ0v) is 12.3. The summed E-state index contributed by atoms with van der Waals surface area (Å²) in [6.45, 7) is 2.24. The minimum Gasteiger partial charge on any atom is -0.478 e. The summed E-state index contributed by atoms with van der Waals surface area (Å²) in [5, 5.41) is 17.6. The molecule has 0 aliphatic heterocycles. The van der Waals surface area contributed by atoms with Crippen molar-refractivity contribution in [3.63, 3.8) is 0 Å². The van der Waals surface area contributed by atoms with Crippen molar-refractivity contribution < 1.29 is 9.90 Å². The fourth-order valence-electron chi connectivity index (χ4n) is 3.43. The van der Waals surface area contributed by atoms with Crippen molar-refractivity contribution in [2.45, 2.75) is 51.5 Å². The highest BCUT2D eigenvalue weighted by Gasteiger charge is 2.24. The molecule has 0 spiro atoms. The highest BCUT2D eigenvalue weighted by Crippen LogP contribution is 2.35. The zero-order valence-electron chi connectivity index (χ0n) is 12.3. The number of nitrogens with zero attached hydrogens (tertiary/aromatic N) is 3. The van der Waals surface area contributed by atoms with Crippen molar-refractivity contribution in [3.8, 4) is 0 Å². The maximum Gasteiger partial charge on any atom is 0.335 e. The zero-order chi connectivity index (χ0) is 14.8. The van der Waals surface area contributed by atoms with Gasteiger partial charge < -0.3 is 5.11 Å². The van der Waals surface area contributed by atoms with Crippen LogP contribution in [0.25, 0.3) is 11.0 Å². The topological polar surface area (TPSA) is 68.0 Å². The normalized spacial score (nSPS) is 22.5. The van der Waals surface area contributed by atoms with Gasteiger partial charge in [-0.1, -0.05) is 25.0 Å². The van der Waals surface area contributed by atoms with Gasteiger partial charge in [0, 0.05) is 0 Å². The Labute approximate surface area is 124 Å². The number of rotatable bonds is 4. The first kappa shape index (κ1) is 14.0. The van der Waals surface area contributed by atoms with Crippen molar-refractivity contribution in [1.82, 2.24) is 15.0 Å². The molecule has 0 radical (unpaired) electrons. The standard InChI is InChI=1S/C16H21N3O2/c1-2-3-11-4-7-13(8-5-11)19-15-10-12(16(20)21)6-9-14(15)17-18-19/h6,9-11,13H,2-5,7-8H2,1H3,(H,20,21). The number of hydrogen-bond acceptors (Lipinski definition) is 3. The van der Waals surface area contributed by atoms with Gasteiger partial charge in [-0.3, -0.25) is 0 Å². The molecular formula is C16H21N3O2. The number of carboxylic acid groups (broad SMARTS) is 1. The van der Waals surface area contributed by atoms with Crippen LogP contribution in [-0.4, -0.2) is 26.1 Å². The molecule has 1 fully saturated rings. The molecule has 5 nitrogen and oxygen atoms in total. The van der Waals surface area contributed by atoms with E-state index in [0.29, 0.717) is 11.6 Å². The molecule has 1 N–H and O–H groups in total. The number of carboxylic acids is 1.